The van der Waals surface area contributed by atoms with Crippen molar-refractivity contribution in [2.24, 2.45) is 5.73 Å². The molecule has 0 aliphatic rings. The molecule has 0 aliphatic carbocycles. The van der Waals surface area contributed by atoms with Crippen molar-refractivity contribution in [3.8, 4) is 0 Å². The van der Waals surface area contributed by atoms with Gasteiger partial charge in [-0.3, -0.25) is 4.98 Å². The van der Waals surface area contributed by atoms with E-state index in [0.29, 0.717) is 0 Å². The van der Waals surface area contributed by atoms with Gasteiger partial charge in [0, 0.05) is 24.2 Å². The average molecular weight is 230 g/mol. The quantitative estimate of drug-likeness (QED) is 0.878. The summed E-state index contributed by atoms with van der Waals surface area (Å²) in [4.78, 5) is 4.33. The summed E-state index contributed by atoms with van der Waals surface area (Å²) in [6.07, 6.45) is 2.68. The number of aromatic nitrogens is 1. The fraction of sp³-hybridized carbons (Fsp3) is 0.357. The highest BCUT2D eigenvalue weighted by atomic mass is 16.3. The van der Waals surface area contributed by atoms with Gasteiger partial charge in [0.1, 0.15) is 11.5 Å². The van der Waals surface area contributed by atoms with Crippen LogP contribution in [-0.4, -0.2) is 4.98 Å². The van der Waals surface area contributed by atoms with Crippen LogP contribution >= 0.6 is 0 Å². The Morgan fingerprint density at radius 1 is 1.29 bits per heavy atom. The second-order valence-electron chi connectivity index (χ2n) is 4.23. The van der Waals surface area contributed by atoms with Crippen molar-refractivity contribution in [1.82, 2.24) is 4.98 Å². The summed E-state index contributed by atoms with van der Waals surface area (Å²) < 4.78 is 5.68. The highest BCUT2D eigenvalue weighted by Gasteiger charge is 2.20. The van der Waals surface area contributed by atoms with Gasteiger partial charge in [-0.25, -0.2) is 0 Å². The lowest BCUT2D eigenvalue weighted by molar-refractivity contribution is 0.409. The molecule has 2 aromatic heterocycles. The summed E-state index contributed by atoms with van der Waals surface area (Å²) in [7, 11) is 0. The summed E-state index contributed by atoms with van der Waals surface area (Å²) in [6.45, 7) is 4.14. The number of nitrogens with two attached hydrogens (primary N) is 1. The molecule has 0 aromatic carbocycles. The zero-order valence-electron chi connectivity index (χ0n) is 10.3. The molecular weight excluding hydrogens is 212 g/mol. The maximum Gasteiger partial charge on any atom is 0.121 e. The van der Waals surface area contributed by atoms with Crippen LogP contribution in [0.4, 0.5) is 0 Å². The van der Waals surface area contributed by atoms with Crippen molar-refractivity contribution in [2.45, 2.75) is 32.2 Å². The molecule has 3 heteroatoms. The van der Waals surface area contributed by atoms with E-state index in [1.54, 1.807) is 6.20 Å². The Morgan fingerprint density at radius 2 is 2.12 bits per heavy atom. The van der Waals surface area contributed by atoms with Gasteiger partial charge in [0.25, 0.3) is 0 Å². The van der Waals surface area contributed by atoms with Gasteiger partial charge in [-0.05, 0) is 24.3 Å². The normalized spacial score (nSPS) is 14.5. The third-order valence-electron chi connectivity index (χ3n) is 3.05. The van der Waals surface area contributed by atoms with Gasteiger partial charge in [-0.15, -0.1) is 0 Å². The van der Waals surface area contributed by atoms with Crippen molar-refractivity contribution in [3.63, 3.8) is 0 Å². The molecule has 90 valence electrons. The van der Waals surface area contributed by atoms with Crippen molar-refractivity contribution < 1.29 is 4.42 Å². The van der Waals surface area contributed by atoms with E-state index in [1.165, 1.54) is 0 Å². The number of furan rings is 1. The summed E-state index contributed by atoms with van der Waals surface area (Å²) in [5.41, 5.74) is 7.20. The molecule has 2 rings (SSSR count). The first-order chi connectivity index (χ1) is 8.22. The third kappa shape index (κ3) is 2.56. The van der Waals surface area contributed by atoms with Crippen LogP contribution in [0.3, 0.4) is 0 Å². The van der Waals surface area contributed by atoms with Crippen molar-refractivity contribution >= 4 is 0 Å². The van der Waals surface area contributed by atoms with E-state index < -0.39 is 0 Å². The molecule has 2 heterocycles. The largest absolute Gasteiger partial charge is 0.464 e. The third-order valence-corrected chi connectivity index (χ3v) is 3.05. The SMILES string of the molecule is CCc1ccc(C(N)C(C)c2ccccn2)o1. The summed E-state index contributed by atoms with van der Waals surface area (Å²) in [5, 5.41) is 0. The molecule has 0 saturated carbocycles. The molecule has 2 aromatic rings. The maximum atomic E-state index is 6.20. The van der Waals surface area contributed by atoms with E-state index in [1.807, 2.05) is 30.3 Å². The molecule has 3 nitrogen and oxygen atoms in total. The van der Waals surface area contributed by atoms with E-state index in [0.717, 1.165) is 23.6 Å². The van der Waals surface area contributed by atoms with Gasteiger partial charge in [-0.1, -0.05) is 19.9 Å². The van der Waals surface area contributed by atoms with Crippen LogP contribution < -0.4 is 5.73 Å². The lowest BCUT2D eigenvalue weighted by atomic mass is 9.96. The molecular formula is C14H18N2O. The fourth-order valence-electron chi connectivity index (χ4n) is 1.84. The molecule has 0 aliphatic heterocycles. The minimum Gasteiger partial charge on any atom is -0.464 e. The monoisotopic (exact) mass is 230 g/mol. The molecule has 0 fully saturated rings. The predicted molar refractivity (Wildman–Crippen MR) is 67.7 cm³/mol. The highest BCUT2D eigenvalue weighted by Crippen LogP contribution is 2.28. The van der Waals surface area contributed by atoms with Crippen LogP contribution in [0.25, 0.3) is 0 Å². The van der Waals surface area contributed by atoms with E-state index in [2.05, 4.69) is 18.8 Å². The number of pyridine rings is 1. The van der Waals surface area contributed by atoms with Gasteiger partial charge >= 0.3 is 0 Å². The van der Waals surface area contributed by atoms with E-state index in [4.69, 9.17) is 10.2 Å². The topological polar surface area (TPSA) is 52.0 Å². The van der Waals surface area contributed by atoms with Gasteiger partial charge in [0.05, 0.1) is 6.04 Å². The minimum absolute atomic E-state index is 0.145. The molecule has 0 radical (unpaired) electrons. The Bertz CT molecular complexity index is 464. The second-order valence-corrected chi connectivity index (χ2v) is 4.23. The Kier molecular flexibility index (Phi) is 3.59. The molecule has 2 N–H and O–H groups in total. The van der Waals surface area contributed by atoms with Gasteiger partial charge < -0.3 is 10.2 Å². The molecule has 0 spiro atoms. The zero-order chi connectivity index (χ0) is 12.3. The first-order valence-electron chi connectivity index (χ1n) is 5.97. The van der Waals surface area contributed by atoms with E-state index in [9.17, 15) is 0 Å². The number of hydrogen-bond acceptors (Lipinski definition) is 3. The molecule has 0 saturated heterocycles. The van der Waals surface area contributed by atoms with Crippen LogP contribution in [0.5, 0.6) is 0 Å². The van der Waals surface area contributed by atoms with Crippen LogP contribution in [-0.2, 0) is 6.42 Å². The number of aryl methyl sites for hydroxylation is 1. The molecule has 0 amide bonds. The van der Waals surface area contributed by atoms with Gasteiger partial charge in [0.15, 0.2) is 0 Å². The van der Waals surface area contributed by atoms with Crippen LogP contribution in [0, 0.1) is 0 Å². The van der Waals surface area contributed by atoms with Crippen LogP contribution in [0.1, 0.15) is 43.0 Å². The zero-order valence-corrected chi connectivity index (χ0v) is 10.3. The predicted octanol–water partition coefficient (Wildman–Crippen LogP) is 3.04. The summed E-state index contributed by atoms with van der Waals surface area (Å²) >= 11 is 0. The van der Waals surface area contributed by atoms with Crippen molar-refractivity contribution in [3.05, 3.63) is 53.7 Å². The number of nitrogens with zero attached hydrogens (tertiary/aromatic N) is 1. The summed E-state index contributed by atoms with van der Waals surface area (Å²) in [5.74, 6) is 1.95. The number of rotatable bonds is 4. The minimum atomic E-state index is -0.148. The fourth-order valence-corrected chi connectivity index (χ4v) is 1.84. The first kappa shape index (κ1) is 11.9. The Morgan fingerprint density at radius 3 is 2.71 bits per heavy atom. The Balaban J connectivity index is 2.17. The maximum absolute atomic E-state index is 6.20. The lowest BCUT2D eigenvalue weighted by Gasteiger charge is -2.17. The molecule has 2 atom stereocenters. The number of hydrogen-bond donors (Lipinski definition) is 1. The van der Waals surface area contributed by atoms with Gasteiger partial charge in [0.2, 0.25) is 0 Å². The van der Waals surface area contributed by atoms with Crippen molar-refractivity contribution in [2.75, 3.05) is 0 Å². The van der Waals surface area contributed by atoms with E-state index in [-0.39, 0.29) is 12.0 Å². The van der Waals surface area contributed by atoms with Crippen molar-refractivity contribution in [1.29, 1.82) is 0 Å². The highest BCUT2D eigenvalue weighted by molar-refractivity contribution is 5.18. The Hall–Kier alpha value is -1.61. The smallest absolute Gasteiger partial charge is 0.121 e. The van der Waals surface area contributed by atoms with Gasteiger partial charge in [-0.2, -0.15) is 0 Å². The van der Waals surface area contributed by atoms with E-state index >= 15 is 0 Å². The molecule has 0 bridgehead atoms. The lowest BCUT2D eigenvalue weighted by Crippen LogP contribution is -2.17. The first-order valence-corrected chi connectivity index (χ1v) is 5.97. The Labute approximate surface area is 102 Å². The van der Waals surface area contributed by atoms with Crippen LogP contribution in [0.2, 0.25) is 0 Å². The standard InChI is InChI=1S/C14H18N2O/c1-3-11-7-8-13(17-11)14(15)10(2)12-6-4-5-9-16-12/h4-10,14H,3,15H2,1-2H3. The molecule has 2 unspecified atom stereocenters. The van der Waals surface area contributed by atoms with Crippen LogP contribution in [0.15, 0.2) is 40.9 Å². The average Bonchev–Trinajstić information content (AvgIpc) is 2.87. The summed E-state index contributed by atoms with van der Waals surface area (Å²) in [6, 6.07) is 9.68. The second kappa shape index (κ2) is 5.15. The molecule has 17 heavy (non-hydrogen) atoms.